The van der Waals surface area contributed by atoms with Crippen LogP contribution in [-0.2, 0) is 6.54 Å². The summed E-state index contributed by atoms with van der Waals surface area (Å²) in [5.74, 6) is -0.136. The van der Waals surface area contributed by atoms with E-state index in [1.54, 1.807) is 29.0 Å². The molecule has 1 N–H and O–H groups in total. The first kappa shape index (κ1) is 11.8. The molecule has 1 amide bonds. The number of hydrogen-bond donors (Lipinski definition) is 1. The minimum absolute atomic E-state index is 0.136. The molecule has 0 saturated carbocycles. The van der Waals surface area contributed by atoms with E-state index in [-0.39, 0.29) is 5.91 Å². The highest BCUT2D eigenvalue weighted by atomic mass is 32.1. The summed E-state index contributed by atoms with van der Waals surface area (Å²) in [7, 11) is 0. The van der Waals surface area contributed by atoms with Crippen LogP contribution in [0.5, 0.6) is 0 Å². The van der Waals surface area contributed by atoms with E-state index in [0.29, 0.717) is 12.1 Å². The highest BCUT2D eigenvalue weighted by Crippen LogP contribution is 2.13. The van der Waals surface area contributed by atoms with Crippen LogP contribution in [0.1, 0.15) is 21.1 Å². The lowest BCUT2D eigenvalue weighted by Gasteiger charge is -2.02. The Morgan fingerprint density at radius 1 is 1.42 bits per heavy atom. The summed E-state index contributed by atoms with van der Waals surface area (Å²) in [6.45, 7) is 2.32. The fraction of sp³-hybridized carbons (Fsp3) is 0.167. The van der Waals surface area contributed by atoms with Gasteiger partial charge in [-0.25, -0.2) is 9.50 Å². The van der Waals surface area contributed by atoms with Crippen molar-refractivity contribution < 1.29 is 4.79 Å². The molecule has 0 aliphatic rings. The van der Waals surface area contributed by atoms with Crippen LogP contribution in [0.15, 0.2) is 30.7 Å². The zero-order valence-electron chi connectivity index (χ0n) is 10.2. The number of aryl methyl sites for hydroxylation is 1. The lowest BCUT2D eigenvalue weighted by molar-refractivity contribution is 0.0950. The zero-order valence-corrected chi connectivity index (χ0v) is 11.0. The van der Waals surface area contributed by atoms with Crippen molar-refractivity contribution in [3.05, 3.63) is 47.0 Å². The molecule has 0 saturated heterocycles. The number of imidazole rings is 1. The molecule has 0 aliphatic heterocycles. The van der Waals surface area contributed by atoms with E-state index < -0.39 is 0 Å². The van der Waals surface area contributed by atoms with Gasteiger partial charge in [-0.05, 0) is 19.1 Å². The second-order valence-electron chi connectivity index (χ2n) is 4.00. The number of fused-ring (bicyclic) bond motifs is 1. The fourth-order valence-electron chi connectivity index (χ4n) is 1.71. The molecular formula is C12H11N5OS. The van der Waals surface area contributed by atoms with Crippen LogP contribution in [0.4, 0.5) is 0 Å². The molecule has 6 nitrogen and oxygen atoms in total. The number of amides is 1. The standard InChI is InChI=1S/C12H11N5OS/c1-8-16-17-7-10(15-12(17)19-8)6-14-11(18)9-2-4-13-5-3-9/h2-5,7H,6H2,1H3,(H,14,18). The molecule has 96 valence electrons. The monoisotopic (exact) mass is 273 g/mol. The molecule has 0 atom stereocenters. The quantitative estimate of drug-likeness (QED) is 0.783. The minimum atomic E-state index is -0.136. The average Bonchev–Trinajstić information content (AvgIpc) is 2.93. The van der Waals surface area contributed by atoms with Crippen LogP contribution in [0.25, 0.3) is 4.96 Å². The van der Waals surface area contributed by atoms with Crippen LogP contribution < -0.4 is 5.32 Å². The van der Waals surface area contributed by atoms with Crippen LogP contribution in [0, 0.1) is 6.92 Å². The van der Waals surface area contributed by atoms with Crippen molar-refractivity contribution in [1.82, 2.24) is 24.9 Å². The van der Waals surface area contributed by atoms with Crippen LogP contribution in [-0.4, -0.2) is 25.5 Å². The van der Waals surface area contributed by atoms with Crippen LogP contribution in [0.2, 0.25) is 0 Å². The fourth-order valence-corrected chi connectivity index (χ4v) is 2.45. The van der Waals surface area contributed by atoms with Gasteiger partial charge in [-0.3, -0.25) is 9.78 Å². The van der Waals surface area contributed by atoms with Crippen molar-refractivity contribution in [3.63, 3.8) is 0 Å². The van der Waals surface area contributed by atoms with Crippen LogP contribution >= 0.6 is 11.3 Å². The molecule has 0 aromatic carbocycles. The number of nitrogens with one attached hydrogen (secondary N) is 1. The predicted molar refractivity (Wildman–Crippen MR) is 71.0 cm³/mol. The predicted octanol–water partition coefficient (Wildman–Crippen LogP) is 1.42. The number of carbonyl (C=O) groups is 1. The maximum atomic E-state index is 11.8. The van der Waals surface area contributed by atoms with E-state index in [1.165, 1.54) is 11.3 Å². The molecule has 3 aromatic rings. The molecule has 19 heavy (non-hydrogen) atoms. The summed E-state index contributed by atoms with van der Waals surface area (Å²) in [6, 6.07) is 3.35. The molecule has 3 aromatic heterocycles. The number of pyridine rings is 1. The number of hydrogen-bond acceptors (Lipinski definition) is 5. The van der Waals surface area contributed by atoms with Crippen molar-refractivity contribution >= 4 is 22.2 Å². The molecule has 0 aliphatic carbocycles. The van der Waals surface area contributed by atoms with Crippen molar-refractivity contribution in [3.8, 4) is 0 Å². The molecule has 7 heteroatoms. The summed E-state index contributed by atoms with van der Waals surface area (Å²) < 4.78 is 1.73. The molecule has 0 fully saturated rings. The Kier molecular flexibility index (Phi) is 2.96. The topological polar surface area (TPSA) is 72.2 Å². The summed E-state index contributed by atoms with van der Waals surface area (Å²) in [6.07, 6.45) is 5.01. The molecule has 0 bridgehead atoms. The van der Waals surface area contributed by atoms with E-state index in [4.69, 9.17) is 0 Å². The van der Waals surface area contributed by atoms with Crippen molar-refractivity contribution in [1.29, 1.82) is 0 Å². The maximum Gasteiger partial charge on any atom is 0.251 e. The Balaban J connectivity index is 1.69. The number of carbonyl (C=O) groups excluding carboxylic acids is 1. The minimum Gasteiger partial charge on any atom is -0.346 e. The Bertz CT molecular complexity index is 687. The average molecular weight is 273 g/mol. The van der Waals surface area contributed by atoms with Gasteiger partial charge in [0.15, 0.2) is 0 Å². The van der Waals surface area contributed by atoms with Crippen molar-refractivity contribution in [2.75, 3.05) is 0 Å². The third-order valence-corrected chi connectivity index (χ3v) is 3.40. The number of rotatable bonds is 3. The first-order valence-electron chi connectivity index (χ1n) is 5.72. The van der Waals surface area contributed by atoms with Gasteiger partial charge in [0.2, 0.25) is 4.96 Å². The Labute approximate surface area is 113 Å². The Morgan fingerprint density at radius 2 is 2.21 bits per heavy atom. The number of nitrogens with zero attached hydrogens (tertiary/aromatic N) is 4. The van der Waals surface area contributed by atoms with E-state index in [9.17, 15) is 4.79 Å². The van der Waals surface area contributed by atoms with Gasteiger partial charge in [-0.1, -0.05) is 11.3 Å². The Hall–Kier alpha value is -2.28. The van der Waals surface area contributed by atoms with Crippen LogP contribution in [0.3, 0.4) is 0 Å². The lowest BCUT2D eigenvalue weighted by atomic mass is 10.2. The van der Waals surface area contributed by atoms with E-state index >= 15 is 0 Å². The van der Waals surface area contributed by atoms with Gasteiger partial charge in [0, 0.05) is 18.0 Å². The summed E-state index contributed by atoms with van der Waals surface area (Å²) in [4.78, 5) is 20.9. The number of aromatic nitrogens is 4. The first-order valence-corrected chi connectivity index (χ1v) is 6.54. The Morgan fingerprint density at radius 3 is 2.95 bits per heavy atom. The lowest BCUT2D eigenvalue weighted by Crippen LogP contribution is -2.22. The molecule has 0 unspecified atom stereocenters. The van der Waals surface area contributed by atoms with Gasteiger partial charge >= 0.3 is 0 Å². The van der Waals surface area contributed by atoms with Gasteiger partial charge < -0.3 is 5.32 Å². The molecular weight excluding hydrogens is 262 g/mol. The van der Waals surface area contributed by atoms with Gasteiger partial charge in [0.1, 0.15) is 5.01 Å². The van der Waals surface area contributed by atoms with Gasteiger partial charge in [0.05, 0.1) is 18.4 Å². The molecule has 3 heterocycles. The largest absolute Gasteiger partial charge is 0.346 e. The van der Waals surface area contributed by atoms with Crippen molar-refractivity contribution in [2.45, 2.75) is 13.5 Å². The third-order valence-electron chi connectivity index (χ3n) is 2.57. The normalized spacial score (nSPS) is 10.8. The third kappa shape index (κ3) is 2.45. The maximum absolute atomic E-state index is 11.8. The smallest absolute Gasteiger partial charge is 0.251 e. The molecule has 0 radical (unpaired) electrons. The highest BCUT2D eigenvalue weighted by molar-refractivity contribution is 7.16. The first-order chi connectivity index (χ1) is 9.22. The molecule has 3 rings (SSSR count). The van der Waals surface area contributed by atoms with Gasteiger partial charge in [0.25, 0.3) is 5.91 Å². The summed E-state index contributed by atoms with van der Waals surface area (Å²) in [5.41, 5.74) is 1.38. The zero-order chi connectivity index (χ0) is 13.2. The summed E-state index contributed by atoms with van der Waals surface area (Å²) in [5, 5.41) is 8.05. The van der Waals surface area contributed by atoms with E-state index in [1.807, 2.05) is 13.1 Å². The SMILES string of the molecule is Cc1nn2cc(CNC(=O)c3ccncc3)nc2s1. The summed E-state index contributed by atoms with van der Waals surface area (Å²) >= 11 is 1.52. The molecule has 0 spiro atoms. The van der Waals surface area contributed by atoms with E-state index in [2.05, 4.69) is 20.4 Å². The van der Waals surface area contributed by atoms with Gasteiger partial charge in [-0.2, -0.15) is 5.10 Å². The van der Waals surface area contributed by atoms with Crippen molar-refractivity contribution in [2.24, 2.45) is 0 Å². The van der Waals surface area contributed by atoms with E-state index in [0.717, 1.165) is 15.7 Å². The van der Waals surface area contributed by atoms with Gasteiger partial charge in [-0.15, -0.1) is 0 Å². The highest BCUT2D eigenvalue weighted by Gasteiger charge is 2.08. The second kappa shape index (κ2) is 4.77. The second-order valence-corrected chi connectivity index (χ2v) is 5.16.